The zero-order valence-corrected chi connectivity index (χ0v) is 20.6. The van der Waals surface area contributed by atoms with Crippen LogP contribution < -0.4 is 4.90 Å². The maximum Gasteiger partial charge on any atom is 0.338 e. The third kappa shape index (κ3) is 4.57. The van der Waals surface area contributed by atoms with Gasteiger partial charge >= 0.3 is 5.97 Å². The number of benzene rings is 3. The van der Waals surface area contributed by atoms with Crippen molar-refractivity contribution >= 4 is 45.0 Å². The van der Waals surface area contributed by atoms with Crippen molar-refractivity contribution in [3.05, 3.63) is 99.0 Å². The lowest BCUT2D eigenvalue weighted by atomic mass is 9.94. The van der Waals surface area contributed by atoms with Crippen LogP contribution >= 0.6 is 15.9 Å². The Labute approximate surface area is 210 Å². The maximum absolute atomic E-state index is 13.3. The van der Waals surface area contributed by atoms with E-state index in [1.807, 2.05) is 6.92 Å². The lowest BCUT2D eigenvalue weighted by Crippen LogP contribution is -2.29. The van der Waals surface area contributed by atoms with Crippen molar-refractivity contribution < 1.29 is 29.3 Å². The third-order valence-corrected chi connectivity index (χ3v) is 6.61. The largest absolute Gasteiger partial charge is 0.508 e. The quantitative estimate of drug-likeness (QED) is 0.199. The van der Waals surface area contributed by atoms with Gasteiger partial charge in [-0.3, -0.25) is 14.5 Å². The molecule has 0 radical (unpaired) electrons. The number of Topliss-reactive ketones (excluding diaryl/α,β-unsaturated/α-hetero) is 1. The van der Waals surface area contributed by atoms with Crippen LogP contribution in [-0.2, 0) is 14.3 Å². The summed E-state index contributed by atoms with van der Waals surface area (Å²) in [5.74, 6) is -2.57. The first-order valence-electron chi connectivity index (χ1n) is 10.9. The van der Waals surface area contributed by atoms with Gasteiger partial charge in [0.1, 0.15) is 11.5 Å². The van der Waals surface area contributed by atoms with Crippen LogP contribution in [0.5, 0.6) is 5.75 Å². The first-order valence-corrected chi connectivity index (χ1v) is 11.7. The van der Waals surface area contributed by atoms with E-state index >= 15 is 0 Å². The number of hydrogen-bond donors (Lipinski definition) is 2. The fraction of sp³-hybridized carbons (Fsp3) is 0.148. The zero-order valence-electron chi connectivity index (χ0n) is 19.0. The number of ketones is 1. The molecule has 35 heavy (non-hydrogen) atoms. The van der Waals surface area contributed by atoms with Crippen LogP contribution in [0, 0.1) is 6.92 Å². The fourth-order valence-electron chi connectivity index (χ4n) is 4.02. The number of carbonyl (C=O) groups excluding carboxylic acids is 3. The molecular formula is C27H22BrNO6. The van der Waals surface area contributed by atoms with Crippen molar-refractivity contribution in [2.75, 3.05) is 11.5 Å². The number of aromatic hydroxyl groups is 1. The molecule has 3 aromatic rings. The molecule has 1 fully saturated rings. The predicted molar refractivity (Wildman–Crippen MR) is 134 cm³/mol. The van der Waals surface area contributed by atoms with Gasteiger partial charge in [-0.25, -0.2) is 4.79 Å². The number of phenolic OH excluding ortho intramolecular Hbond substituents is 1. The molecule has 1 aliphatic heterocycles. The van der Waals surface area contributed by atoms with Crippen LogP contribution in [0.4, 0.5) is 5.69 Å². The average molecular weight is 536 g/mol. The van der Waals surface area contributed by atoms with Crippen LogP contribution in [-0.4, -0.2) is 34.5 Å². The van der Waals surface area contributed by atoms with Crippen molar-refractivity contribution in [3.8, 4) is 5.75 Å². The molecule has 3 aromatic carbocycles. The number of rotatable bonds is 5. The number of phenols is 1. The Morgan fingerprint density at radius 2 is 1.74 bits per heavy atom. The lowest BCUT2D eigenvalue weighted by Gasteiger charge is -2.26. The lowest BCUT2D eigenvalue weighted by molar-refractivity contribution is -0.132. The molecule has 1 heterocycles. The summed E-state index contributed by atoms with van der Waals surface area (Å²) in [5, 5.41) is 21.0. The fourth-order valence-corrected chi connectivity index (χ4v) is 4.26. The van der Waals surface area contributed by atoms with Crippen LogP contribution in [0.3, 0.4) is 0 Å². The normalized spacial score (nSPS) is 17.0. The van der Waals surface area contributed by atoms with E-state index in [-0.39, 0.29) is 29.3 Å². The number of ether oxygens (including phenoxy) is 1. The summed E-state index contributed by atoms with van der Waals surface area (Å²) in [4.78, 5) is 40.1. The van der Waals surface area contributed by atoms with Crippen LogP contribution in [0.15, 0.2) is 76.8 Å². The Hall–Kier alpha value is -3.91. The number of halogens is 1. The summed E-state index contributed by atoms with van der Waals surface area (Å²) < 4.78 is 5.90. The van der Waals surface area contributed by atoms with E-state index in [9.17, 15) is 24.6 Å². The highest BCUT2D eigenvalue weighted by atomic mass is 79.9. The monoisotopic (exact) mass is 535 g/mol. The van der Waals surface area contributed by atoms with Crippen LogP contribution in [0.2, 0.25) is 0 Å². The molecule has 0 aliphatic carbocycles. The Morgan fingerprint density at radius 1 is 1.03 bits per heavy atom. The molecule has 1 atom stereocenters. The second-order valence-corrected chi connectivity index (χ2v) is 8.85. The highest BCUT2D eigenvalue weighted by molar-refractivity contribution is 9.10. The van der Waals surface area contributed by atoms with E-state index in [0.717, 1.165) is 10.0 Å². The van der Waals surface area contributed by atoms with Gasteiger partial charge in [-0.05, 0) is 67.4 Å². The molecule has 0 bridgehead atoms. The van der Waals surface area contributed by atoms with Gasteiger partial charge in [-0.1, -0.05) is 40.2 Å². The number of nitrogens with zero attached hydrogens (tertiary/aromatic N) is 1. The van der Waals surface area contributed by atoms with E-state index in [1.54, 1.807) is 55.5 Å². The molecule has 1 aliphatic rings. The maximum atomic E-state index is 13.3. The van der Waals surface area contributed by atoms with Gasteiger partial charge in [-0.2, -0.15) is 0 Å². The first-order chi connectivity index (χ1) is 16.7. The highest BCUT2D eigenvalue weighted by Crippen LogP contribution is 2.42. The van der Waals surface area contributed by atoms with Crippen molar-refractivity contribution in [2.45, 2.75) is 19.9 Å². The Morgan fingerprint density at radius 3 is 2.40 bits per heavy atom. The second-order valence-electron chi connectivity index (χ2n) is 8.00. The third-order valence-electron chi connectivity index (χ3n) is 5.72. The molecule has 0 aromatic heterocycles. The molecule has 178 valence electrons. The van der Waals surface area contributed by atoms with Crippen molar-refractivity contribution in [1.82, 2.24) is 0 Å². The van der Waals surface area contributed by atoms with Crippen molar-refractivity contribution in [1.29, 1.82) is 0 Å². The number of esters is 1. The standard InChI is InChI=1S/C27H22BrNO6/c1-3-35-27(34)18-5-4-6-19(14-18)29-23(16-7-10-20(30)11-8-16)22(25(32)26(29)33)24(31)17-9-12-21(28)15(2)13-17/h4-14,23,30-31H,3H2,1-2H3/b24-22+. The average Bonchev–Trinajstić information content (AvgIpc) is 3.11. The van der Waals surface area contributed by atoms with Gasteiger partial charge in [0.2, 0.25) is 0 Å². The van der Waals surface area contributed by atoms with Crippen molar-refractivity contribution in [3.63, 3.8) is 0 Å². The molecule has 0 spiro atoms. The Bertz CT molecular complexity index is 1360. The summed E-state index contributed by atoms with van der Waals surface area (Å²) >= 11 is 3.42. The number of aryl methyl sites for hydroxylation is 1. The summed E-state index contributed by atoms with van der Waals surface area (Å²) in [6, 6.07) is 16.4. The number of aliphatic hydroxyl groups is 1. The molecule has 7 nitrogen and oxygen atoms in total. The molecule has 1 saturated heterocycles. The Kier molecular flexibility index (Phi) is 6.75. The van der Waals surface area contributed by atoms with Crippen molar-refractivity contribution in [2.24, 2.45) is 0 Å². The molecule has 1 amide bonds. The molecule has 1 unspecified atom stereocenters. The SMILES string of the molecule is CCOC(=O)c1cccc(N2C(=O)C(=O)/C(=C(/O)c3ccc(Br)c(C)c3)C2c2ccc(O)cc2)c1. The number of aliphatic hydroxyl groups excluding tert-OH is 1. The second kappa shape index (κ2) is 9.76. The van der Waals surface area contributed by atoms with Gasteiger partial charge in [0.05, 0.1) is 23.8 Å². The summed E-state index contributed by atoms with van der Waals surface area (Å²) in [7, 11) is 0. The predicted octanol–water partition coefficient (Wildman–Crippen LogP) is 5.27. The number of amides is 1. The number of hydrogen-bond acceptors (Lipinski definition) is 6. The smallest absolute Gasteiger partial charge is 0.338 e. The van der Waals surface area contributed by atoms with E-state index in [2.05, 4.69) is 15.9 Å². The van der Waals surface area contributed by atoms with Gasteiger partial charge in [0.15, 0.2) is 0 Å². The van der Waals surface area contributed by atoms with Gasteiger partial charge < -0.3 is 14.9 Å². The van der Waals surface area contributed by atoms with Gasteiger partial charge in [0, 0.05) is 15.7 Å². The minimum Gasteiger partial charge on any atom is -0.508 e. The van der Waals surface area contributed by atoms with E-state index < -0.39 is 23.7 Å². The Balaban J connectivity index is 1.92. The van der Waals surface area contributed by atoms with Gasteiger partial charge in [-0.15, -0.1) is 0 Å². The summed E-state index contributed by atoms with van der Waals surface area (Å²) in [6.45, 7) is 3.72. The highest BCUT2D eigenvalue weighted by Gasteiger charge is 2.47. The zero-order chi connectivity index (χ0) is 25.3. The van der Waals surface area contributed by atoms with E-state index in [0.29, 0.717) is 16.8 Å². The molecule has 0 saturated carbocycles. The van der Waals surface area contributed by atoms with Crippen LogP contribution in [0.1, 0.15) is 40.0 Å². The number of anilines is 1. The molecular weight excluding hydrogens is 514 g/mol. The van der Waals surface area contributed by atoms with Gasteiger partial charge in [0.25, 0.3) is 11.7 Å². The number of carbonyl (C=O) groups is 3. The van der Waals surface area contributed by atoms with E-state index in [1.165, 1.54) is 23.1 Å². The molecule has 4 rings (SSSR count). The summed E-state index contributed by atoms with van der Waals surface area (Å²) in [6.07, 6.45) is 0. The molecule has 8 heteroatoms. The minimum absolute atomic E-state index is 0.0125. The van der Waals surface area contributed by atoms with E-state index in [4.69, 9.17) is 4.74 Å². The molecule has 2 N–H and O–H groups in total. The summed E-state index contributed by atoms with van der Waals surface area (Å²) in [5.41, 5.74) is 2.14. The minimum atomic E-state index is -0.989. The topological polar surface area (TPSA) is 104 Å². The van der Waals surface area contributed by atoms with Crippen LogP contribution in [0.25, 0.3) is 5.76 Å². The first kappa shape index (κ1) is 24.2.